The van der Waals surface area contributed by atoms with Gasteiger partial charge in [0.2, 0.25) is 0 Å². The molecular formula is C15H10FN2O2S2-. The topological polar surface area (TPSA) is 65.0 Å². The number of nitrogens with zero attached hydrogens (tertiary/aromatic N) is 1. The third-order valence-corrected chi connectivity index (χ3v) is 4.70. The van der Waals surface area contributed by atoms with Gasteiger partial charge in [0, 0.05) is 23.0 Å². The van der Waals surface area contributed by atoms with Crippen LogP contribution in [-0.2, 0) is 11.2 Å². The smallest absolute Gasteiger partial charge is 0.188 e. The monoisotopic (exact) mass is 333 g/mol. The number of carboxylic acid groups (broad SMARTS) is 1. The zero-order chi connectivity index (χ0) is 15.5. The molecule has 0 fully saturated rings. The fraction of sp³-hybridized carbons (Fsp3) is 0.0667. The van der Waals surface area contributed by atoms with Crippen molar-refractivity contribution in [2.45, 2.75) is 6.42 Å². The molecule has 112 valence electrons. The van der Waals surface area contributed by atoms with E-state index in [9.17, 15) is 14.3 Å². The SMILES string of the molecule is O=C([O-])Cc1sc(Nc2ccc(F)cc2)nc1-c1cccs1. The van der Waals surface area contributed by atoms with E-state index in [2.05, 4.69) is 10.3 Å². The summed E-state index contributed by atoms with van der Waals surface area (Å²) in [6.07, 6.45) is -0.185. The van der Waals surface area contributed by atoms with E-state index in [1.807, 2.05) is 17.5 Å². The minimum absolute atomic E-state index is 0.185. The summed E-state index contributed by atoms with van der Waals surface area (Å²) in [6, 6.07) is 9.66. The van der Waals surface area contributed by atoms with Gasteiger partial charge >= 0.3 is 0 Å². The average molecular weight is 333 g/mol. The van der Waals surface area contributed by atoms with Gasteiger partial charge in [0.15, 0.2) is 5.13 Å². The largest absolute Gasteiger partial charge is 0.550 e. The van der Waals surface area contributed by atoms with E-state index >= 15 is 0 Å². The number of rotatable bonds is 5. The molecule has 0 saturated heterocycles. The first-order valence-electron chi connectivity index (χ1n) is 6.38. The Morgan fingerprint density at radius 2 is 2.05 bits per heavy atom. The first kappa shape index (κ1) is 14.7. The van der Waals surface area contributed by atoms with Crippen molar-refractivity contribution in [1.82, 2.24) is 4.98 Å². The molecule has 0 atom stereocenters. The summed E-state index contributed by atoms with van der Waals surface area (Å²) < 4.78 is 12.9. The second-order valence-electron chi connectivity index (χ2n) is 4.45. The highest BCUT2D eigenvalue weighted by Crippen LogP contribution is 2.35. The van der Waals surface area contributed by atoms with Gasteiger partial charge in [0.05, 0.1) is 10.6 Å². The van der Waals surface area contributed by atoms with Crippen molar-refractivity contribution in [3.8, 4) is 10.6 Å². The van der Waals surface area contributed by atoms with Gasteiger partial charge in [-0.1, -0.05) is 6.07 Å². The van der Waals surface area contributed by atoms with E-state index in [4.69, 9.17) is 0 Å². The number of carbonyl (C=O) groups excluding carboxylic acids is 1. The fourth-order valence-corrected chi connectivity index (χ4v) is 3.71. The minimum atomic E-state index is -1.14. The Morgan fingerprint density at radius 3 is 2.68 bits per heavy atom. The predicted molar refractivity (Wildman–Crippen MR) is 83.8 cm³/mol. The lowest BCUT2D eigenvalue weighted by atomic mass is 10.2. The molecule has 0 aliphatic heterocycles. The molecule has 0 spiro atoms. The van der Waals surface area contributed by atoms with Crippen LogP contribution in [0, 0.1) is 5.82 Å². The number of aliphatic carboxylic acids is 1. The lowest BCUT2D eigenvalue weighted by Gasteiger charge is -2.01. The molecule has 0 amide bonds. The molecule has 0 aliphatic rings. The van der Waals surface area contributed by atoms with Crippen molar-refractivity contribution in [3.63, 3.8) is 0 Å². The third-order valence-electron chi connectivity index (χ3n) is 2.85. The molecule has 1 N–H and O–H groups in total. The summed E-state index contributed by atoms with van der Waals surface area (Å²) in [4.78, 5) is 16.9. The van der Waals surface area contributed by atoms with Crippen LogP contribution >= 0.6 is 22.7 Å². The van der Waals surface area contributed by atoms with Gasteiger partial charge in [-0.2, -0.15) is 0 Å². The molecule has 3 aromatic rings. The van der Waals surface area contributed by atoms with Crippen LogP contribution in [-0.4, -0.2) is 11.0 Å². The Hall–Kier alpha value is -2.25. The molecule has 22 heavy (non-hydrogen) atoms. The number of benzene rings is 1. The quantitative estimate of drug-likeness (QED) is 0.779. The van der Waals surface area contributed by atoms with Crippen LogP contribution in [0.4, 0.5) is 15.2 Å². The average Bonchev–Trinajstić information content (AvgIpc) is 3.10. The van der Waals surface area contributed by atoms with Crippen molar-refractivity contribution in [3.05, 3.63) is 52.5 Å². The predicted octanol–water partition coefficient (Wildman–Crippen LogP) is 3.05. The first-order chi connectivity index (χ1) is 10.6. The summed E-state index contributed by atoms with van der Waals surface area (Å²) in [7, 11) is 0. The van der Waals surface area contributed by atoms with Crippen LogP contribution in [0.2, 0.25) is 0 Å². The summed E-state index contributed by atoms with van der Waals surface area (Å²) in [5.74, 6) is -1.46. The van der Waals surface area contributed by atoms with Crippen molar-refractivity contribution < 1.29 is 14.3 Å². The van der Waals surface area contributed by atoms with Crippen LogP contribution in [0.5, 0.6) is 0 Å². The van der Waals surface area contributed by atoms with Gasteiger partial charge in [0.1, 0.15) is 5.82 Å². The third kappa shape index (κ3) is 3.32. The highest BCUT2D eigenvalue weighted by molar-refractivity contribution is 7.17. The second-order valence-corrected chi connectivity index (χ2v) is 6.48. The molecule has 0 saturated carbocycles. The molecule has 3 rings (SSSR count). The van der Waals surface area contributed by atoms with E-state index < -0.39 is 5.97 Å². The van der Waals surface area contributed by atoms with Crippen LogP contribution < -0.4 is 10.4 Å². The van der Waals surface area contributed by atoms with Crippen molar-refractivity contribution in [2.75, 3.05) is 5.32 Å². The summed E-state index contributed by atoms with van der Waals surface area (Å²) in [6.45, 7) is 0. The number of thiazole rings is 1. The minimum Gasteiger partial charge on any atom is -0.550 e. The number of halogens is 1. The molecule has 1 aromatic carbocycles. The lowest BCUT2D eigenvalue weighted by Crippen LogP contribution is -2.24. The Bertz CT molecular complexity index is 782. The fourth-order valence-electron chi connectivity index (χ4n) is 1.92. The van der Waals surface area contributed by atoms with Crippen LogP contribution in [0.3, 0.4) is 0 Å². The van der Waals surface area contributed by atoms with E-state index in [1.165, 1.54) is 34.8 Å². The molecule has 2 aromatic heterocycles. The maximum absolute atomic E-state index is 12.9. The molecular weight excluding hydrogens is 323 g/mol. The Kier molecular flexibility index (Phi) is 4.17. The summed E-state index contributed by atoms with van der Waals surface area (Å²) >= 11 is 2.75. The Balaban J connectivity index is 1.92. The van der Waals surface area contributed by atoms with E-state index in [1.54, 1.807) is 12.1 Å². The molecule has 0 aliphatic carbocycles. The number of nitrogens with one attached hydrogen (secondary N) is 1. The molecule has 0 radical (unpaired) electrons. The van der Waals surface area contributed by atoms with Gasteiger partial charge in [0.25, 0.3) is 0 Å². The first-order valence-corrected chi connectivity index (χ1v) is 8.07. The van der Waals surface area contributed by atoms with Crippen LogP contribution in [0.25, 0.3) is 10.6 Å². The van der Waals surface area contributed by atoms with Crippen LogP contribution in [0.1, 0.15) is 4.88 Å². The second kappa shape index (κ2) is 6.25. The highest BCUT2D eigenvalue weighted by Gasteiger charge is 2.14. The number of hydrogen-bond donors (Lipinski definition) is 1. The van der Waals surface area contributed by atoms with Gasteiger partial charge in [-0.25, -0.2) is 9.37 Å². The number of anilines is 2. The van der Waals surface area contributed by atoms with Gasteiger partial charge in [-0.15, -0.1) is 22.7 Å². The Labute approximate surface area is 133 Å². The molecule has 4 nitrogen and oxygen atoms in total. The maximum Gasteiger partial charge on any atom is 0.188 e. The highest BCUT2D eigenvalue weighted by atomic mass is 32.1. The number of carboxylic acids is 1. The van der Waals surface area contributed by atoms with E-state index in [0.29, 0.717) is 21.4 Å². The van der Waals surface area contributed by atoms with E-state index in [-0.39, 0.29) is 12.2 Å². The van der Waals surface area contributed by atoms with E-state index in [0.717, 1.165) is 4.88 Å². The van der Waals surface area contributed by atoms with Crippen molar-refractivity contribution in [2.24, 2.45) is 0 Å². The van der Waals surface area contributed by atoms with Gasteiger partial charge in [-0.05, 0) is 35.7 Å². The van der Waals surface area contributed by atoms with Crippen molar-refractivity contribution >= 4 is 39.5 Å². The van der Waals surface area contributed by atoms with Gasteiger partial charge < -0.3 is 15.2 Å². The van der Waals surface area contributed by atoms with Gasteiger partial charge in [-0.3, -0.25) is 0 Å². The number of hydrogen-bond acceptors (Lipinski definition) is 6. The molecule has 0 unspecified atom stereocenters. The normalized spacial score (nSPS) is 10.6. The van der Waals surface area contributed by atoms with Crippen LogP contribution in [0.15, 0.2) is 41.8 Å². The zero-order valence-corrected chi connectivity index (χ0v) is 12.8. The molecule has 7 heteroatoms. The maximum atomic E-state index is 12.9. The Morgan fingerprint density at radius 1 is 1.27 bits per heavy atom. The summed E-state index contributed by atoms with van der Waals surface area (Å²) in [5, 5.41) is 16.4. The van der Waals surface area contributed by atoms with Crippen molar-refractivity contribution in [1.29, 1.82) is 0 Å². The number of thiophene rings is 1. The standard InChI is InChI=1S/C15H11FN2O2S2/c16-9-3-5-10(6-4-9)17-15-18-14(11-2-1-7-21-11)12(22-15)8-13(19)20/h1-7H,8H2,(H,17,18)(H,19,20)/p-1. The zero-order valence-electron chi connectivity index (χ0n) is 11.2. The lowest BCUT2D eigenvalue weighted by molar-refractivity contribution is -0.304. The molecule has 2 heterocycles. The number of aromatic nitrogens is 1. The molecule has 0 bridgehead atoms. The summed E-state index contributed by atoms with van der Waals surface area (Å²) in [5.41, 5.74) is 1.33. The number of carbonyl (C=O) groups is 1.